The van der Waals surface area contributed by atoms with Gasteiger partial charge in [-0.25, -0.2) is 5.84 Å². The van der Waals surface area contributed by atoms with E-state index in [1.54, 1.807) is 0 Å². The van der Waals surface area contributed by atoms with Crippen LogP contribution >= 0.6 is 0 Å². The van der Waals surface area contributed by atoms with Crippen molar-refractivity contribution in [3.05, 3.63) is 24.3 Å². The van der Waals surface area contributed by atoms with Crippen LogP contribution in [0, 0.1) is 0 Å². The third-order valence-electron chi connectivity index (χ3n) is 2.64. The molecule has 1 heterocycles. The molecule has 0 saturated carbocycles. The van der Waals surface area contributed by atoms with Crippen molar-refractivity contribution >= 4 is 23.3 Å². The van der Waals surface area contributed by atoms with Gasteiger partial charge in [0, 0.05) is 25.5 Å². The maximum Gasteiger partial charge on any atom is 0.323 e. The molecule has 0 aliphatic carbocycles. The Morgan fingerprint density at radius 1 is 1.19 bits per heavy atom. The quantitative estimate of drug-likeness (QED) is 0.541. The summed E-state index contributed by atoms with van der Waals surface area (Å²) in [6.45, 7) is 2.32. The molecule has 0 saturated heterocycles. The summed E-state index contributed by atoms with van der Waals surface area (Å²) in [7, 11) is 3.96. The van der Waals surface area contributed by atoms with E-state index >= 15 is 0 Å². The Morgan fingerprint density at radius 3 is 2.62 bits per heavy atom. The van der Waals surface area contributed by atoms with E-state index < -0.39 is 0 Å². The Morgan fingerprint density at radius 2 is 1.95 bits per heavy atom. The summed E-state index contributed by atoms with van der Waals surface area (Å²) in [4.78, 5) is 14.3. The standard InChI is InChI=1S/C13H19N7O/c1-4-21-13-17-11(16-12(18-13)19-14)15-9-6-5-7-10(8-9)20(2)3/h5-8H,4,14H2,1-3H3,(H2,15,16,17,18,19). The highest BCUT2D eigenvalue weighted by atomic mass is 16.5. The number of nitrogen functional groups attached to an aromatic ring is 1. The van der Waals surface area contributed by atoms with Gasteiger partial charge in [-0.1, -0.05) is 6.07 Å². The normalized spacial score (nSPS) is 10.1. The molecule has 8 nitrogen and oxygen atoms in total. The van der Waals surface area contributed by atoms with Crippen LogP contribution in [0.5, 0.6) is 6.01 Å². The molecule has 0 atom stereocenters. The van der Waals surface area contributed by atoms with Gasteiger partial charge in [-0.15, -0.1) is 0 Å². The van der Waals surface area contributed by atoms with Crippen LogP contribution in [0.4, 0.5) is 23.3 Å². The summed E-state index contributed by atoms with van der Waals surface area (Å²) in [5.41, 5.74) is 4.32. The molecule has 21 heavy (non-hydrogen) atoms. The first-order chi connectivity index (χ1) is 10.1. The maximum atomic E-state index is 5.35. The van der Waals surface area contributed by atoms with E-state index in [1.165, 1.54) is 0 Å². The maximum absolute atomic E-state index is 5.35. The van der Waals surface area contributed by atoms with E-state index in [4.69, 9.17) is 10.6 Å². The Balaban J connectivity index is 2.25. The molecule has 0 unspecified atom stereocenters. The van der Waals surface area contributed by atoms with Gasteiger partial charge in [-0.05, 0) is 25.1 Å². The average molecular weight is 289 g/mol. The van der Waals surface area contributed by atoms with Crippen LogP contribution in [-0.4, -0.2) is 35.7 Å². The van der Waals surface area contributed by atoms with E-state index in [1.807, 2.05) is 50.2 Å². The molecule has 0 fully saturated rings. The zero-order chi connectivity index (χ0) is 15.2. The first-order valence-electron chi connectivity index (χ1n) is 6.52. The fraction of sp³-hybridized carbons (Fsp3) is 0.308. The summed E-state index contributed by atoms with van der Waals surface area (Å²) < 4.78 is 5.28. The topological polar surface area (TPSA) is 101 Å². The Hall–Kier alpha value is -2.61. The number of aromatic nitrogens is 3. The summed E-state index contributed by atoms with van der Waals surface area (Å²) in [5, 5.41) is 3.11. The first-order valence-corrected chi connectivity index (χ1v) is 6.52. The predicted molar refractivity (Wildman–Crippen MR) is 82.9 cm³/mol. The Labute approximate surface area is 123 Å². The second-order valence-corrected chi connectivity index (χ2v) is 4.41. The number of benzene rings is 1. The van der Waals surface area contributed by atoms with Gasteiger partial charge >= 0.3 is 6.01 Å². The lowest BCUT2D eigenvalue weighted by molar-refractivity contribution is 0.312. The highest BCUT2D eigenvalue weighted by Gasteiger charge is 2.07. The predicted octanol–water partition coefficient (Wildman–Crippen LogP) is 1.37. The lowest BCUT2D eigenvalue weighted by Gasteiger charge is -2.14. The number of hydrazine groups is 1. The highest BCUT2D eigenvalue weighted by molar-refractivity contribution is 5.62. The van der Waals surface area contributed by atoms with Crippen molar-refractivity contribution in [2.24, 2.45) is 5.84 Å². The number of hydrogen-bond acceptors (Lipinski definition) is 8. The van der Waals surface area contributed by atoms with Gasteiger partial charge in [0.2, 0.25) is 11.9 Å². The van der Waals surface area contributed by atoms with Gasteiger partial charge in [-0.3, -0.25) is 5.43 Å². The van der Waals surface area contributed by atoms with Crippen molar-refractivity contribution in [3.8, 4) is 6.01 Å². The summed E-state index contributed by atoms with van der Waals surface area (Å²) in [5.74, 6) is 5.94. The molecule has 0 amide bonds. The number of nitrogens with zero attached hydrogens (tertiary/aromatic N) is 4. The minimum atomic E-state index is 0.215. The van der Waals surface area contributed by atoms with Crippen LogP contribution in [0.3, 0.4) is 0 Å². The fourth-order valence-corrected chi connectivity index (χ4v) is 1.66. The number of ether oxygens (including phenoxy) is 1. The third-order valence-corrected chi connectivity index (χ3v) is 2.64. The minimum Gasteiger partial charge on any atom is -0.464 e. The first kappa shape index (κ1) is 14.8. The molecular weight excluding hydrogens is 270 g/mol. The molecule has 2 rings (SSSR count). The molecular formula is C13H19N7O. The monoisotopic (exact) mass is 289 g/mol. The molecule has 0 spiro atoms. The van der Waals surface area contributed by atoms with Gasteiger partial charge < -0.3 is 15.0 Å². The number of hydrogen-bond donors (Lipinski definition) is 3. The van der Waals surface area contributed by atoms with Crippen molar-refractivity contribution in [1.29, 1.82) is 0 Å². The minimum absolute atomic E-state index is 0.215. The molecule has 2 aromatic rings. The number of nitrogens with one attached hydrogen (secondary N) is 2. The van der Waals surface area contributed by atoms with E-state index in [0.717, 1.165) is 11.4 Å². The summed E-state index contributed by atoms with van der Waals surface area (Å²) in [6.07, 6.45) is 0. The lowest BCUT2D eigenvalue weighted by Crippen LogP contribution is -2.13. The zero-order valence-electron chi connectivity index (χ0n) is 12.3. The van der Waals surface area contributed by atoms with Crippen LogP contribution in [0.15, 0.2) is 24.3 Å². The molecule has 0 radical (unpaired) electrons. The number of rotatable bonds is 6. The van der Waals surface area contributed by atoms with Crippen LogP contribution in [-0.2, 0) is 0 Å². The van der Waals surface area contributed by atoms with E-state index in [9.17, 15) is 0 Å². The van der Waals surface area contributed by atoms with Gasteiger partial charge in [0.15, 0.2) is 0 Å². The van der Waals surface area contributed by atoms with Crippen molar-refractivity contribution < 1.29 is 4.74 Å². The number of anilines is 4. The van der Waals surface area contributed by atoms with Crippen LogP contribution in [0.25, 0.3) is 0 Å². The molecule has 1 aromatic carbocycles. The largest absolute Gasteiger partial charge is 0.464 e. The smallest absolute Gasteiger partial charge is 0.323 e. The molecule has 0 aliphatic heterocycles. The van der Waals surface area contributed by atoms with Crippen molar-refractivity contribution in [1.82, 2.24) is 15.0 Å². The summed E-state index contributed by atoms with van der Waals surface area (Å²) >= 11 is 0. The molecule has 112 valence electrons. The average Bonchev–Trinajstić information content (AvgIpc) is 2.47. The second-order valence-electron chi connectivity index (χ2n) is 4.41. The van der Waals surface area contributed by atoms with Crippen molar-refractivity contribution in [3.63, 3.8) is 0 Å². The van der Waals surface area contributed by atoms with Crippen LogP contribution in [0.2, 0.25) is 0 Å². The van der Waals surface area contributed by atoms with Crippen molar-refractivity contribution in [2.75, 3.05) is 36.3 Å². The van der Waals surface area contributed by atoms with Gasteiger partial charge in [0.1, 0.15) is 0 Å². The zero-order valence-corrected chi connectivity index (χ0v) is 12.3. The second kappa shape index (κ2) is 6.71. The van der Waals surface area contributed by atoms with Gasteiger partial charge in [-0.2, -0.15) is 15.0 Å². The Bertz CT molecular complexity index is 603. The van der Waals surface area contributed by atoms with Crippen LogP contribution < -0.4 is 26.2 Å². The van der Waals surface area contributed by atoms with E-state index in [-0.39, 0.29) is 12.0 Å². The fourth-order valence-electron chi connectivity index (χ4n) is 1.66. The van der Waals surface area contributed by atoms with E-state index in [2.05, 4.69) is 25.7 Å². The molecule has 4 N–H and O–H groups in total. The SMILES string of the molecule is CCOc1nc(NN)nc(Nc2cccc(N(C)C)c2)n1. The van der Waals surface area contributed by atoms with Gasteiger partial charge in [0.05, 0.1) is 6.61 Å². The Kier molecular flexibility index (Phi) is 4.72. The highest BCUT2D eigenvalue weighted by Crippen LogP contribution is 2.21. The molecule has 0 bridgehead atoms. The third kappa shape index (κ3) is 3.93. The van der Waals surface area contributed by atoms with Gasteiger partial charge in [0.25, 0.3) is 0 Å². The van der Waals surface area contributed by atoms with Crippen molar-refractivity contribution in [2.45, 2.75) is 6.92 Å². The lowest BCUT2D eigenvalue weighted by atomic mass is 10.2. The molecule has 1 aromatic heterocycles. The summed E-state index contributed by atoms with van der Waals surface area (Å²) in [6, 6.07) is 8.08. The van der Waals surface area contributed by atoms with E-state index in [0.29, 0.717) is 12.6 Å². The molecule has 0 aliphatic rings. The molecule has 8 heteroatoms. The number of nitrogens with two attached hydrogens (primary N) is 1. The van der Waals surface area contributed by atoms with Crippen LogP contribution in [0.1, 0.15) is 6.92 Å².